The summed E-state index contributed by atoms with van der Waals surface area (Å²) in [7, 11) is 0. The van der Waals surface area contributed by atoms with E-state index in [-0.39, 0.29) is 5.75 Å². The third kappa shape index (κ3) is 10.9. The molecule has 0 heterocycles. The van der Waals surface area contributed by atoms with E-state index in [0.717, 1.165) is 18.4 Å². The summed E-state index contributed by atoms with van der Waals surface area (Å²) in [5, 5.41) is 10.6. The molecule has 0 radical (unpaired) electrons. The zero-order valence-corrected chi connectivity index (χ0v) is 18.9. The molecule has 1 aromatic carbocycles. The standard InChI is InChI=1S/C18H24ClN3O.C6H12/c1-4-5-9-21-12-13(2)18(22-10-8-14(3)20)16-7-6-15(19)11-17(16)23;1-2-4-6-5-3-1/h6-9,11-12,23H,4-5,10,20H2,1-3H3;1-6H2/b13-12+,14-8+,21-9?,22-18?;. The third-order valence-electron chi connectivity index (χ3n) is 4.54. The van der Waals surface area contributed by atoms with Crippen LogP contribution in [0.4, 0.5) is 0 Å². The Hall–Kier alpha value is -2.07. The van der Waals surface area contributed by atoms with Gasteiger partial charge in [-0.3, -0.25) is 9.98 Å². The Kier molecular flexibility index (Phi) is 12.8. The summed E-state index contributed by atoms with van der Waals surface area (Å²) in [5.74, 6) is 0.0926. The zero-order chi connectivity index (χ0) is 21.5. The van der Waals surface area contributed by atoms with Crippen molar-refractivity contribution >= 4 is 23.5 Å². The Morgan fingerprint density at radius 3 is 2.28 bits per heavy atom. The first-order chi connectivity index (χ1) is 14.0. The fraction of sp³-hybridized carbons (Fsp3) is 0.500. The van der Waals surface area contributed by atoms with Gasteiger partial charge in [-0.15, -0.1) is 0 Å². The van der Waals surface area contributed by atoms with Gasteiger partial charge < -0.3 is 10.8 Å². The number of aromatic hydroxyl groups is 1. The van der Waals surface area contributed by atoms with Crippen molar-refractivity contribution in [1.82, 2.24) is 0 Å². The monoisotopic (exact) mass is 417 g/mol. The van der Waals surface area contributed by atoms with Gasteiger partial charge in [-0.1, -0.05) is 63.5 Å². The molecule has 2 rings (SSSR count). The maximum Gasteiger partial charge on any atom is 0.126 e. The van der Waals surface area contributed by atoms with Crippen LogP contribution in [0.5, 0.6) is 5.75 Å². The minimum Gasteiger partial charge on any atom is -0.507 e. The summed E-state index contributed by atoms with van der Waals surface area (Å²) in [5.41, 5.74) is 8.50. The number of hydrogen-bond donors (Lipinski definition) is 2. The van der Waals surface area contributed by atoms with E-state index in [1.54, 1.807) is 18.3 Å². The van der Waals surface area contributed by atoms with Gasteiger partial charge in [-0.2, -0.15) is 0 Å². The lowest BCUT2D eigenvalue weighted by atomic mass is 10.0. The van der Waals surface area contributed by atoms with Gasteiger partial charge in [-0.25, -0.2) is 0 Å². The SMILES string of the molecule is C1CCCCC1.CCCC=N/C=C(\C)C(=NC/C=C(\C)N)c1ccc(Cl)cc1O. The number of aliphatic imine (C=N–C) groups is 2. The number of phenolic OH excluding ortho intramolecular Hbond substituents is 1. The molecule has 160 valence electrons. The van der Waals surface area contributed by atoms with Gasteiger partial charge in [0.1, 0.15) is 5.75 Å². The van der Waals surface area contributed by atoms with E-state index in [0.29, 0.717) is 28.5 Å². The highest BCUT2D eigenvalue weighted by atomic mass is 35.5. The summed E-state index contributed by atoms with van der Waals surface area (Å²) in [4.78, 5) is 8.82. The Morgan fingerprint density at radius 2 is 1.76 bits per heavy atom. The topological polar surface area (TPSA) is 71.0 Å². The van der Waals surface area contributed by atoms with Crippen molar-refractivity contribution in [1.29, 1.82) is 0 Å². The molecule has 29 heavy (non-hydrogen) atoms. The highest BCUT2D eigenvalue weighted by Crippen LogP contribution is 2.25. The molecule has 1 saturated carbocycles. The zero-order valence-electron chi connectivity index (χ0n) is 18.1. The molecule has 0 saturated heterocycles. The van der Waals surface area contributed by atoms with E-state index >= 15 is 0 Å². The average molecular weight is 418 g/mol. The van der Waals surface area contributed by atoms with Crippen LogP contribution in [0.25, 0.3) is 0 Å². The van der Waals surface area contributed by atoms with Crippen molar-refractivity contribution in [2.24, 2.45) is 15.7 Å². The molecule has 1 aliphatic rings. The largest absolute Gasteiger partial charge is 0.507 e. The van der Waals surface area contributed by atoms with Gasteiger partial charge >= 0.3 is 0 Å². The van der Waals surface area contributed by atoms with Crippen molar-refractivity contribution in [3.63, 3.8) is 0 Å². The van der Waals surface area contributed by atoms with E-state index < -0.39 is 0 Å². The molecule has 0 aliphatic heterocycles. The fourth-order valence-electron chi connectivity index (χ4n) is 2.90. The summed E-state index contributed by atoms with van der Waals surface area (Å²) in [6.07, 6.45) is 16.4. The summed E-state index contributed by atoms with van der Waals surface area (Å²) in [6.45, 7) is 6.26. The number of rotatable bonds is 7. The highest BCUT2D eigenvalue weighted by Gasteiger charge is 2.11. The number of halogens is 1. The molecule has 1 aromatic rings. The molecule has 0 amide bonds. The second-order valence-corrected chi connectivity index (χ2v) is 7.79. The molecule has 0 aromatic heterocycles. The van der Waals surface area contributed by atoms with E-state index in [4.69, 9.17) is 17.3 Å². The molecule has 3 N–H and O–H groups in total. The number of hydrogen-bond acceptors (Lipinski definition) is 4. The summed E-state index contributed by atoms with van der Waals surface area (Å²) < 4.78 is 0. The lowest BCUT2D eigenvalue weighted by Crippen LogP contribution is -2.05. The maximum atomic E-state index is 10.2. The Balaban J connectivity index is 0.000000594. The number of benzene rings is 1. The number of unbranched alkanes of at least 4 members (excludes halogenated alkanes) is 1. The predicted molar refractivity (Wildman–Crippen MR) is 127 cm³/mol. The van der Waals surface area contributed by atoms with Crippen molar-refractivity contribution in [3.8, 4) is 5.75 Å². The summed E-state index contributed by atoms with van der Waals surface area (Å²) >= 11 is 5.90. The molecule has 4 nitrogen and oxygen atoms in total. The minimum atomic E-state index is 0.0926. The highest BCUT2D eigenvalue weighted by molar-refractivity contribution is 6.31. The first-order valence-corrected chi connectivity index (χ1v) is 11.0. The molecule has 0 unspecified atom stereocenters. The van der Waals surface area contributed by atoms with E-state index in [9.17, 15) is 5.11 Å². The number of nitrogens with zero attached hydrogens (tertiary/aromatic N) is 2. The lowest BCUT2D eigenvalue weighted by molar-refractivity contribution is 0.474. The minimum absolute atomic E-state index is 0.0926. The molecule has 0 atom stereocenters. The predicted octanol–water partition coefficient (Wildman–Crippen LogP) is 6.81. The van der Waals surface area contributed by atoms with Crippen LogP contribution in [-0.4, -0.2) is 23.6 Å². The Bertz CT molecular complexity index is 716. The first kappa shape index (κ1) is 25.0. The van der Waals surface area contributed by atoms with Gasteiger partial charge in [-0.05, 0) is 50.1 Å². The van der Waals surface area contributed by atoms with Crippen LogP contribution in [0.15, 0.2) is 51.7 Å². The fourth-order valence-corrected chi connectivity index (χ4v) is 3.06. The molecular weight excluding hydrogens is 382 g/mol. The van der Waals surface area contributed by atoms with Crippen LogP contribution in [-0.2, 0) is 0 Å². The average Bonchev–Trinajstić information content (AvgIpc) is 2.71. The number of allylic oxidation sites excluding steroid dienone is 2. The first-order valence-electron chi connectivity index (χ1n) is 10.6. The third-order valence-corrected chi connectivity index (χ3v) is 4.78. The maximum absolute atomic E-state index is 10.2. The normalized spacial score (nSPS) is 15.9. The second kappa shape index (κ2) is 14.9. The Labute approximate surface area is 181 Å². The molecule has 1 fully saturated rings. The van der Waals surface area contributed by atoms with Gasteiger partial charge in [0.05, 0.1) is 12.3 Å². The van der Waals surface area contributed by atoms with Crippen molar-refractivity contribution in [2.75, 3.05) is 6.54 Å². The number of phenols is 1. The van der Waals surface area contributed by atoms with Crippen LogP contribution in [0.2, 0.25) is 5.02 Å². The molecular formula is C24H36ClN3O. The van der Waals surface area contributed by atoms with Crippen LogP contribution in [0.1, 0.15) is 77.7 Å². The van der Waals surface area contributed by atoms with Crippen LogP contribution < -0.4 is 5.73 Å². The van der Waals surface area contributed by atoms with Gasteiger partial charge in [0, 0.05) is 28.7 Å². The van der Waals surface area contributed by atoms with Crippen LogP contribution in [0, 0.1) is 0 Å². The summed E-state index contributed by atoms with van der Waals surface area (Å²) in [6, 6.07) is 4.98. The molecule has 1 aliphatic carbocycles. The van der Waals surface area contributed by atoms with Crippen LogP contribution in [0.3, 0.4) is 0 Å². The molecule has 0 bridgehead atoms. The second-order valence-electron chi connectivity index (χ2n) is 7.35. The van der Waals surface area contributed by atoms with E-state index in [2.05, 4.69) is 16.9 Å². The molecule has 0 spiro atoms. The number of nitrogens with two attached hydrogens (primary N) is 1. The van der Waals surface area contributed by atoms with Gasteiger partial charge in [0.2, 0.25) is 0 Å². The van der Waals surface area contributed by atoms with Crippen molar-refractivity contribution < 1.29 is 5.11 Å². The van der Waals surface area contributed by atoms with E-state index in [1.807, 2.05) is 26.1 Å². The smallest absolute Gasteiger partial charge is 0.126 e. The molecule has 5 heteroatoms. The quantitative estimate of drug-likeness (QED) is 0.478. The van der Waals surface area contributed by atoms with E-state index in [1.165, 1.54) is 44.6 Å². The Morgan fingerprint density at radius 1 is 1.14 bits per heavy atom. The van der Waals surface area contributed by atoms with Gasteiger partial charge in [0.25, 0.3) is 0 Å². The van der Waals surface area contributed by atoms with Crippen molar-refractivity contribution in [2.45, 2.75) is 72.1 Å². The van der Waals surface area contributed by atoms with Gasteiger partial charge in [0.15, 0.2) is 0 Å². The van der Waals surface area contributed by atoms with Crippen LogP contribution >= 0.6 is 11.6 Å². The lowest BCUT2D eigenvalue weighted by Gasteiger charge is -2.09. The van der Waals surface area contributed by atoms with Crippen molar-refractivity contribution in [3.05, 3.63) is 52.3 Å².